The van der Waals surface area contributed by atoms with Gasteiger partial charge in [-0.1, -0.05) is 103 Å². The van der Waals surface area contributed by atoms with Crippen LogP contribution < -0.4 is 0 Å². The van der Waals surface area contributed by atoms with Crippen LogP contribution in [0, 0.1) is 0 Å². The number of para-hydroxylation sites is 2. The first-order valence-electron chi connectivity index (χ1n) is 15.8. The molecule has 4 nitrogen and oxygen atoms in total. The minimum atomic E-state index is 0.623. The molecule has 0 aliphatic heterocycles. The van der Waals surface area contributed by atoms with E-state index >= 15 is 0 Å². The zero-order valence-corrected chi connectivity index (χ0v) is 25.8. The fourth-order valence-electron chi connectivity index (χ4n) is 7.51. The number of nitrogens with zero attached hydrogens (tertiary/aromatic N) is 3. The lowest BCUT2D eigenvalue weighted by atomic mass is 10.0. The van der Waals surface area contributed by atoms with Crippen LogP contribution in [0.1, 0.15) is 0 Å². The van der Waals surface area contributed by atoms with E-state index in [-0.39, 0.29) is 0 Å². The van der Waals surface area contributed by atoms with E-state index in [0.717, 1.165) is 60.5 Å². The van der Waals surface area contributed by atoms with Crippen molar-refractivity contribution in [2.75, 3.05) is 0 Å². The molecule has 4 heterocycles. The summed E-state index contributed by atoms with van der Waals surface area (Å²) >= 11 is 1.83. The van der Waals surface area contributed by atoms with Gasteiger partial charge in [-0.2, -0.15) is 0 Å². The third-order valence-electron chi connectivity index (χ3n) is 9.61. The smallest absolute Gasteiger partial charge is 0.235 e. The van der Waals surface area contributed by atoms with Crippen LogP contribution in [0.15, 0.2) is 144 Å². The maximum absolute atomic E-state index is 6.67. The highest BCUT2D eigenvalue weighted by molar-refractivity contribution is 7.25. The molecule has 0 N–H and O–H groups in total. The molecule has 0 aliphatic carbocycles. The lowest BCUT2D eigenvalue weighted by Gasteiger charge is -2.12. The van der Waals surface area contributed by atoms with Gasteiger partial charge in [0.1, 0.15) is 11.1 Å². The summed E-state index contributed by atoms with van der Waals surface area (Å²) in [4.78, 5) is 10.7. The Balaban J connectivity index is 1.28. The molecule has 11 rings (SSSR count). The normalized spacial score (nSPS) is 12.3. The van der Waals surface area contributed by atoms with Crippen molar-refractivity contribution in [3.63, 3.8) is 0 Å². The number of furan rings is 1. The van der Waals surface area contributed by atoms with Gasteiger partial charge in [0.2, 0.25) is 5.95 Å². The van der Waals surface area contributed by atoms with Gasteiger partial charge in [0.25, 0.3) is 0 Å². The average molecular weight is 618 g/mol. The van der Waals surface area contributed by atoms with Crippen LogP contribution in [-0.2, 0) is 0 Å². The van der Waals surface area contributed by atoms with Crippen molar-refractivity contribution in [3.8, 4) is 17.2 Å². The van der Waals surface area contributed by atoms with Crippen molar-refractivity contribution in [2.24, 2.45) is 0 Å². The van der Waals surface area contributed by atoms with Crippen LogP contribution in [0.5, 0.6) is 0 Å². The highest BCUT2D eigenvalue weighted by atomic mass is 32.1. The molecule has 0 atom stereocenters. The number of rotatable bonds is 2. The van der Waals surface area contributed by atoms with E-state index in [1.165, 1.54) is 36.3 Å². The Labute approximate surface area is 271 Å². The number of aromatic nitrogens is 3. The van der Waals surface area contributed by atoms with Gasteiger partial charge in [-0.25, -0.2) is 9.97 Å². The summed E-state index contributed by atoms with van der Waals surface area (Å²) < 4.78 is 11.4. The van der Waals surface area contributed by atoms with Gasteiger partial charge in [0.05, 0.1) is 16.7 Å². The van der Waals surface area contributed by atoms with Gasteiger partial charge in [-0.05, 0) is 47.2 Å². The second kappa shape index (κ2) is 9.25. The Morgan fingerprint density at radius 3 is 2.19 bits per heavy atom. The molecule has 0 fully saturated rings. The molecule has 0 aliphatic rings. The SMILES string of the molecule is c1ccc2c(c1)ccc1c2c2ccc3c4ccccc4oc3c2n1-c1nc(-c2ccc3c(c2)sc2ccccc23)c2ccccc2n1. The van der Waals surface area contributed by atoms with Crippen molar-refractivity contribution in [1.29, 1.82) is 0 Å². The van der Waals surface area contributed by atoms with Crippen LogP contribution in [0.4, 0.5) is 0 Å². The maximum Gasteiger partial charge on any atom is 0.235 e. The lowest BCUT2D eigenvalue weighted by Crippen LogP contribution is -2.03. The molecule has 0 unspecified atom stereocenters. The molecule has 0 spiro atoms. The zero-order valence-electron chi connectivity index (χ0n) is 24.9. The summed E-state index contributed by atoms with van der Waals surface area (Å²) in [6, 6.07) is 49.4. The van der Waals surface area contributed by atoms with Crippen molar-refractivity contribution in [3.05, 3.63) is 140 Å². The summed E-state index contributed by atoms with van der Waals surface area (Å²) in [7, 11) is 0. The van der Waals surface area contributed by atoms with Gasteiger partial charge in [0.15, 0.2) is 5.58 Å². The van der Waals surface area contributed by atoms with Gasteiger partial charge >= 0.3 is 0 Å². The predicted molar refractivity (Wildman–Crippen MR) is 197 cm³/mol. The van der Waals surface area contributed by atoms with Gasteiger partial charge in [-0.15, -0.1) is 11.3 Å². The highest BCUT2D eigenvalue weighted by Gasteiger charge is 2.23. The standard InChI is InChI=1S/C42H23N3OS/c1-2-10-26-24(9-1)18-22-34-38(26)32-21-20-30-27-11-4-7-15-35(27)46-41(30)40(32)45(34)42-43-33-14-6-3-13-31(33)39(44-42)25-17-19-29-28-12-5-8-16-36(28)47-37(29)23-25/h1-23H. The molecular formula is C42H23N3OS. The molecule has 7 aromatic carbocycles. The Kier molecular flexibility index (Phi) is 4.96. The second-order valence-electron chi connectivity index (χ2n) is 12.2. The molecule has 0 bridgehead atoms. The minimum absolute atomic E-state index is 0.623. The van der Waals surface area contributed by atoms with E-state index in [1.807, 2.05) is 23.5 Å². The van der Waals surface area contributed by atoms with Gasteiger partial charge in [0, 0.05) is 52.7 Å². The number of benzene rings is 7. The quantitative estimate of drug-likeness (QED) is 0.194. The van der Waals surface area contributed by atoms with E-state index < -0.39 is 0 Å². The molecule has 47 heavy (non-hydrogen) atoms. The summed E-state index contributed by atoms with van der Waals surface area (Å²) in [5, 5.41) is 10.5. The summed E-state index contributed by atoms with van der Waals surface area (Å²) in [6.45, 7) is 0. The molecule has 5 heteroatoms. The first-order chi connectivity index (χ1) is 23.3. The van der Waals surface area contributed by atoms with Crippen LogP contribution in [0.25, 0.3) is 103 Å². The summed E-state index contributed by atoms with van der Waals surface area (Å²) in [5.41, 5.74) is 6.62. The molecule has 0 radical (unpaired) electrons. The summed E-state index contributed by atoms with van der Waals surface area (Å²) in [5.74, 6) is 0.623. The van der Waals surface area contributed by atoms with Gasteiger partial charge < -0.3 is 4.42 Å². The molecule has 4 aromatic heterocycles. The molecule has 0 amide bonds. The number of hydrogen-bond donors (Lipinski definition) is 0. The molecular weight excluding hydrogens is 595 g/mol. The van der Waals surface area contributed by atoms with Crippen LogP contribution in [-0.4, -0.2) is 14.5 Å². The fourth-order valence-corrected chi connectivity index (χ4v) is 8.66. The van der Waals surface area contributed by atoms with E-state index in [1.54, 1.807) is 0 Å². The van der Waals surface area contributed by atoms with Crippen molar-refractivity contribution in [2.45, 2.75) is 0 Å². The van der Waals surface area contributed by atoms with Crippen LogP contribution in [0.2, 0.25) is 0 Å². The third-order valence-corrected chi connectivity index (χ3v) is 10.7. The van der Waals surface area contributed by atoms with Crippen LogP contribution in [0.3, 0.4) is 0 Å². The monoisotopic (exact) mass is 617 g/mol. The zero-order chi connectivity index (χ0) is 30.6. The van der Waals surface area contributed by atoms with Crippen LogP contribution >= 0.6 is 11.3 Å². The Bertz CT molecular complexity index is 3090. The number of fused-ring (bicyclic) bond motifs is 13. The van der Waals surface area contributed by atoms with E-state index in [9.17, 15) is 0 Å². The van der Waals surface area contributed by atoms with Crippen molar-refractivity contribution >= 4 is 96.9 Å². The molecule has 218 valence electrons. The Hall–Kier alpha value is -6.04. The number of thiophene rings is 1. The average Bonchev–Trinajstić information content (AvgIpc) is 3.80. The van der Waals surface area contributed by atoms with E-state index in [2.05, 4.69) is 132 Å². The first-order valence-corrected chi connectivity index (χ1v) is 16.6. The lowest BCUT2D eigenvalue weighted by molar-refractivity contribution is 0.671. The third kappa shape index (κ3) is 3.46. The Morgan fingerprint density at radius 2 is 1.26 bits per heavy atom. The van der Waals surface area contributed by atoms with Gasteiger partial charge in [-0.3, -0.25) is 4.57 Å². The topological polar surface area (TPSA) is 43.9 Å². The number of hydrogen-bond acceptors (Lipinski definition) is 4. The van der Waals surface area contributed by atoms with Crippen molar-refractivity contribution < 1.29 is 4.42 Å². The summed E-state index contributed by atoms with van der Waals surface area (Å²) in [6.07, 6.45) is 0. The minimum Gasteiger partial charge on any atom is -0.454 e. The first kappa shape index (κ1) is 25.2. The molecule has 0 saturated heterocycles. The fraction of sp³-hybridized carbons (Fsp3) is 0. The molecule has 0 saturated carbocycles. The molecule has 11 aromatic rings. The maximum atomic E-state index is 6.67. The predicted octanol–water partition coefficient (Wildman–Crippen LogP) is 11.8. The highest BCUT2D eigenvalue weighted by Crippen LogP contribution is 2.43. The van der Waals surface area contributed by atoms with E-state index in [4.69, 9.17) is 14.4 Å². The Morgan fingerprint density at radius 1 is 0.532 bits per heavy atom. The van der Waals surface area contributed by atoms with E-state index in [0.29, 0.717) is 5.95 Å². The van der Waals surface area contributed by atoms with Crippen molar-refractivity contribution in [1.82, 2.24) is 14.5 Å². The second-order valence-corrected chi connectivity index (χ2v) is 13.2. The largest absolute Gasteiger partial charge is 0.454 e.